The fourth-order valence-corrected chi connectivity index (χ4v) is 2.44. The maximum atomic E-state index is 12.9. The van der Waals surface area contributed by atoms with Crippen LogP contribution in [0.15, 0.2) is 0 Å². The number of alkyl halides is 2. The first-order chi connectivity index (χ1) is 6.96. The molecule has 3 nitrogen and oxygen atoms in total. The predicted molar refractivity (Wildman–Crippen MR) is 49.9 cm³/mol. The molecule has 0 radical (unpaired) electrons. The van der Waals surface area contributed by atoms with E-state index in [1.807, 2.05) is 4.90 Å². The molecular weight excluding hydrogens is 204 g/mol. The lowest BCUT2D eigenvalue weighted by atomic mass is 9.97. The van der Waals surface area contributed by atoms with Crippen LogP contribution in [0.1, 0.15) is 19.3 Å². The van der Waals surface area contributed by atoms with Crippen molar-refractivity contribution >= 4 is 5.97 Å². The molecule has 0 aromatic carbocycles. The van der Waals surface area contributed by atoms with Crippen molar-refractivity contribution in [3.05, 3.63) is 0 Å². The van der Waals surface area contributed by atoms with Crippen LogP contribution < -0.4 is 0 Å². The Balaban J connectivity index is 1.70. The van der Waals surface area contributed by atoms with Gasteiger partial charge >= 0.3 is 5.97 Å². The quantitative estimate of drug-likeness (QED) is 0.780. The molecule has 0 amide bonds. The summed E-state index contributed by atoms with van der Waals surface area (Å²) in [6, 6.07) is 0. The fourth-order valence-electron chi connectivity index (χ4n) is 2.44. The van der Waals surface area contributed by atoms with Gasteiger partial charge in [-0.15, -0.1) is 0 Å². The summed E-state index contributed by atoms with van der Waals surface area (Å²) in [7, 11) is 0. The molecule has 0 bridgehead atoms. The highest BCUT2D eigenvalue weighted by Crippen LogP contribution is 2.39. The SMILES string of the molecule is O=C(O)C1CN(CC2CCC(F)(F)C2)C1. The smallest absolute Gasteiger partial charge is 0.309 e. The second-order valence-corrected chi connectivity index (χ2v) is 4.72. The monoisotopic (exact) mass is 219 g/mol. The van der Waals surface area contributed by atoms with E-state index in [9.17, 15) is 13.6 Å². The van der Waals surface area contributed by atoms with Gasteiger partial charge in [-0.05, 0) is 12.3 Å². The van der Waals surface area contributed by atoms with Gasteiger partial charge in [0, 0.05) is 32.5 Å². The van der Waals surface area contributed by atoms with E-state index in [4.69, 9.17) is 5.11 Å². The van der Waals surface area contributed by atoms with Gasteiger partial charge in [-0.1, -0.05) is 0 Å². The summed E-state index contributed by atoms with van der Waals surface area (Å²) in [4.78, 5) is 12.5. The molecular formula is C10H15F2NO2. The van der Waals surface area contributed by atoms with Gasteiger partial charge in [-0.3, -0.25) is 4.79 Å². The molecule has 1 saturated carbocycles. The van der Waals surface area contributed by atoms with Crippen LogP contribution in [0.5, 0.6) is 0 Å². The highest BCUT2D eigenvalue weighted by molar-refractivity contribution is 5.71. The van der Waals surface area contributed by atoms with Crippen LogP contribution >= 0.6 is 0 Å². The first-order valence-electron chi connectivity index (χ1n) is 5.29. The van der Waals surface area contributed by atoms with Crippen molar-refractivity contribution in [1.82, 2.24) is 4.90 Å². The number of hydrogen-bond acceptors (Lipinski definition) is 2. The van der Waals surface area contributed by atoms with Gasteiger partial charge in [0.1, 0.15) is 0 Å². The standard InChI is InChI=1S/C10H15F2NO2/c11-10(12)2-1-7(3-10)4-13-5-8(6-13)9(14)15/h7-8H,1-6H2,(H,14,15). The number of carboxylic acid groups (broad SMARTS) is 1. The number of carboxylic acids is 1. The second kappa shape index (κ2) is 3.70. The van der Waals surface area contributed by atoms with Crippen LogP contribution in [-0.4, -0.2) is 41.5 Å². The minimum Gasteiger partial charge on any atom is -0.481 e. The molecule has 1 aliphatic heterocycles. The molecule has 0 spiro atoms. The van der Waals surface area contributed by atoms with E-state index < -0.39 is 11.9 Å². The van der Waals surface area contributed by atoms with Gasteiger partial charge < -0.3 is 10.0 Å². The van der Waals surface area contributed by atoms with Crippen LogP contribution in [0.3, 0.4) is 0 Å². The Hall–Kier alpha value is -0.710. The number of halogens is 2. The van der Waals surface area contributed by atoms with E-state index in [0.717, 1.165) is 0 Å². The molecule has 2 aliphatic rings. The van der Waals surface area contributed by atoms with E-state index in [0.29, 0.717) is 26.1 Å². The van der Waals surface area contributed by atoms with Crippen molar-refractivity contribution in [3.8, 4) is 0 Å². The maximum Gasteiger partial charge on any atom is 0.309 e. The van der Waals surface area contributed by atoms with Gasteiger partial charge in [-0.2, -0.15) is 0 Å². The molecule has 1 aliphatic carbocycles. The lowest BCUT2D eigenvalue weighted by molar-refractivity contribution is -0.147. The average molecular weight is 219 g/mol. The minimum atomic E-state index is -2.48. The zero-order valence-corrected chi connectivity index (χ0v) is 8.46. The summed E-state index contributed by atoms with van der Waals surface area (Å²) in [5.74, 6) is -3.49. The van der Waals surface area contributed by atoms with E-state index >= 15 is 0 Å². The molecule has 2 fully saturated rings. The van der Waals surface area contributed by atoms with E-state index in [1.165, 1.54) is 0 Å². The van der Waals surface area contributed by atoms with Gasteiger partial charge in [-0.25, -0.2) is 8.78 Å². The lowest BCUT2D eigenvalue weighted by Gasteiger charge is -2.38. The predicted octanol–water partition coefficient (Wildman–Crippen LogP) is 1.44. The molecule has 2 rings (SSSR count). The molecule has 1 saturated heterocycles. The summed E-state index contributed by atoms with van der Waals surface area (Å²) in [6.45, 7) is 1.69. The molecule has 1 heterocycles. The fraction of sp³-hybridized carbons (Fsp3) is 0.900. The number of aliphatic carboxylic acids is 1. The highest BCUT2D eigenvalue weighted by atomic mass is 19.3. The summed E-state index contributed by atoms with van der Waals surface area (Å²) < 4.78 is 25.7. The molecule has 0 aromatic rings. The molecule has 1 unspecified atom stereocenters. The Labute approximate surface area is 87.1 Å². The highest BCUT2D eigenvalue weighted by Gasteiger charge is 2.41. The number of hydrogen-bond donors (Lipinski definition) is 1. The third-order valence-electron chi connectivity index (χ3n) is 3.33. The first kappa shape index (κ1) is 10.8. The molecule has 0 aromatic heterocycles. The maximum absolute atomic E-state index is 12.9. The van der Waals surface area contributed by atoms with Crippen molar-refractivity contribution in [3.63, 3.8) is 0 Å². The van der Waals surface area contributed by atoms with Crippen LogP contribution in [0, 0.1) is 11.8 Å². The van der Waals surface area contributed by atoms with Crippen molar-refractivity contribution < 1.29 is 18.7 Å². The second-order valence-electron chi connectivity index (χ2n) is 4.72. The summed E-state index contributed by atoms with van der Waals surface area (Å²) >= 11 is 0. The van der Waals surface area contributed by atoms with Crippen molar-refractivity contribution in [1.29, 1.82) is 0 Å². The number of nitrogens with zero attached hydrogens (tertiary/aromatic N) is 1. The Morgan fingerprint density at radius 2 is 2.13 bits per heavy atom. The van der Waals surface area contributed by atoms with Gasteiger partial charge in [0.2, 0.25) is 5.92 Å². The minimum absolute atomic E-state index is 0.00609. The Morgan fingerprint density at radius 1 is 1.47 bits per heavy atom. The average Bonchev–Trinajstić information content (AvgIpc) is 2.36. The number of carbonyl (C=O) groups is 1. The Kier molecular flexibility index (Phi) is 2.66. The Bertz CT molecular complexity index is 264. The van der Waals surface area contributed by atoms with Crippen molar-refractivity contribution in [2.24, 2.45) is 11.8 Å². The van der Waals surface area contributed by atoms with Gasteiger partial charge in [0.15, 0.2) is 0 Å². The van der Waals surface area contributed by atoms with E-state index in [2.05, 4.69) is 0 Å². The lowest BCUT2D eigenvalue weighted by Crippen LogP contribution is -2.51. The van der Waals surface area contributed by atoms with E-state index in [-0.39, 0.29) is 24.7 Å². The number of rotatable bonds is 3. The van der Waals surface area contributed by atoms with Crippen LogP contribution in [0.2, 0.25) is 0 Å². The third kappa shape index (κ3) is 2.45. The zero-order valence-electron chi connectivity index (χ0n) is 8.46. The van der Waals surface area contributed by atoms with Crippen molar-refractivity contribution in [2.45, 2.75) is 25.2 Å². The van der Waals surface area contributed by atoms with Gasteiger partial charge in [0.05, 0.1) is 5.92 Å². The molecule has 1 N–H and O–H groups in total. The summed E-state index contributed by atoms with van der Waals surface area (Å²) in [6.07, 6.45) is 0.538. The van der Waals surface area contributed by atoms with E-state index in [1.54, 1.807) is 0 Å². The molecule has 15 heavy (non-hydrogen) atoms. The topological polar surface area (TPSA) is 40.5 Å². The Morgan fingerprint density at radius 3 is 2.60 bits per heavy atom. The largest absolute Gasteiger partial charge is 0.481 e. The van der Waals surface area contributed by atoms with Crippen LogP contribution in [0.25, 0.3) is 0 Å². The van der Waals surface area contributed by atoms with Crippen molar-refractivity contribution in [2.75, 3.05) is 19.6 Å². The van der Waals surface area contributed by atoms with Gasteiger partial charge in [0.25, 0.3) is 0 Å². The summed E-state index contributed by atoms with van der Waals surface area (Å²) in [5, 5.41) is 8.65. The first-order valence-corrected chi connectivity index (χ1v) is 5.29. The van der Waals surface area contributed by atoms with Crippen LogP contribution in [-0.2, 0) is 4.79 Å². The zero-order chi connectivity index (χ0) is 11.1. The van der Waals surface area contributed by atoms with Crippen LogP contribution in [0.4, 0.5) is 8.78 Å². The molecule has 86 valence electrons. The molecule has 5 heteroatoms. The normalized spacial score (nSPS) is 31.5. The third-order valence-corrected chi connectivity index (χ3v) is 3.33. The molecule has 1 atom stereocenters. The summed E-state index contributed by atoms with van der Waals surface area (Å²) in [5.41, 5.74) is 0. The number of likely N-dealkylation sites (tertiary alicyclic amines) is 1.